The maximum absolute atomic E-state index is 12.5. The van der Waals surface area contributed by atoms with Crippen molar-refractivity contribution in [2.45, 2.75) is 37.4 Å². The first-order valence-electron chi connectivity index (χ1n) is 7.59. The van der Waals surface area contributed by atoms with Crippen molar-refractivity contribution in [3.8, 4) is 0 Å². The molecule has 1 aromatic rings. The Kier molecular flexibility index (Phi) is 5.74. The number of alkyl halides is 4. The zero-order valence-corrected chi connectivity index (χ0v) is 13.8. The molecule has 0 aliphatic carbocycles. The fraction of sp³-hybridized carbons (Fsp3) is 0.500. The number of carbonyl (C=O) groups is 2. The molecule has 1 aromatic carbocycles. The fourth-order valence-electron chi connectivity index (χ4n) is 2.58. The van der Waals surface area contributed by atoms with E-state index in [1.807, 2.05) is 0 Å². The first-order valence-corrected chi connectivity index (χ1v) is 8.03. The van der Waals surface area contributed by atoms with Gasteiger partial charge in [-0.1, -0.05) is 0 Å². The van der Waals surface area contributed by atoms with Crippen LogP contribution in [0.5, 0.6) is 0 Å². The van der Waals surface area contributed by atoms with E-state index in [9.17, 15) is 22.8 Å². The summed E-state index contributed by atoms with van der Waals surface area (Å²) < 4.78 is 37.5. The number of nitrogens with zero attached hydrogens (tertiary/aromatic N) is 1. The largest absolute Gasteiger partial charge is 0.416 e. The zero-order chi connectivity index (χ0) is 17.9. The van der Waals surface area contributed by atoms with E-state index < -0.39 is 23.0 Å². The van der Waals surface area contributed by atoms with Gasteiger partial charge in [-0.2, -0.15) is 13.2 Å². The van der Waals surface area contributed by atoms with Gasteiger partial charge in [-0.3, -0.25) is 9.59 Å². The molecule has 24 heavy (non-hydrogen) atoms. The van der Waals surface area contributed by atoms with Crippen LogP contribution in [0.25, 0.3) is 0 Å². The molecule has 0 aromatic heterocycles. The Morgan fingerprint density at radius 3 is 2.21 bits per heavy atom. The molecule has 1 N–H and O–H groups in total. The van der Waals surface area contributed by atoms with Crippen molar-refractivity contribution in [3.05, 3.63) is 35.4 Å². The lowest BCUT2D eigenvalue weighted by molar-refractivity contribution is -0.137. The van der Waals surface area contributed by atoms with Gasteiger partial charge in [0.05, 0.1) is 5.56 Å². The van der Waals surface area contributed by atoms with Gasteiger partial charge in [0.1, 0.15) is 5.38 Å². The second-order valence-electron chi connectivity index (χ2n) is 5.76. The van der Waals surface area contributed by atoms with Gasteiger partial charge < -0.3 is 10.2 Å². The van der Waals surface area contributed by atoms with E-state index in [0.717, 1.165) is 24.3 Å². The third-order valence-electron chi connectivity index (χ3n) is 3.96. The SMILES string of the molecule is CC(Cl)C(=O)N1CCC(NC(=O)c2ccc(C(F)(F)F)cc2)CC1. The fourth-order valence-corrected chi connectivity index (χ4v) is 2.71. The number of benzene rings is 1. The summed E-state index contributed by atoms with van der Waals surface area (Å²) in [7, 11) is 0. The highest BCUT2D eigenvalue weighted by molar-refractivity contribution is 6.30. The Balaban J connectivity index is 1.89. The first kappa shape index (κ1) is 18.6. The van der Waals surface area contributed by atoms with Crippen molar-refractivity contribution in [1.82, 2.24) is 10.2 Å². The molecule has 132 valence electrons. The van der Waals surface area contributed by atoms with Crippen molar-refractivity contribution in [3.63, 3.8) is 0 Å². The minimum Gasteiger partial charge on any atom is -0.349 e. The lowest BCUT2D eigenvalue weighted by Crippen LogP contribution is -2.48. The second-order valence-corrected chi connectivity index (χ2v) is 6.42. The summed E-state index contributed by atoms with van der Waals surface area (Å²) in [6, 6.07) is 3.98. The summed E-state index contributed by atoms with van der Waals surface area (Å²) in [6.45, 7) is 2.60. The van der Waals surface area contributed by atoms with Crippen molar-refractivity contribution >= 4 is 23.4 Å². The molecule has 0 bridgehead atoms. The molecule has 1 fully saturated rings. The highest BCUT2D eigenvalue weighted by atomic mass is 35.5. The Morgan fingerprint density at radius 1 is 1.21 bits per heavy atom. The summed E-state index contributed by atoms with van der Waals surface area (Å²) >= 11 is 5.77. The number of hydrogen-bond acceptors (Lipinski definition) is 2. The Labute approximate surface area is 143 Å². The first-order chi connectivity index (χ1) is 11.2. The molecule has 8 heteroatoms. The zero-order valence-electron chi connectivity index (χ0n) is 13.1. The molecule has 1 aliphatic rings. The van der Waals surface area contributed by atoms with Gasteiger partial charge in [-0.25, -0.2) is 0 Å². The molecule has 0 saturated carbocycles. The van der Waals surface area contributed by atoms with Crippen molar-refractivity contribution in [2.75, 3.05) is 13.1 Å². The summed E-state index contributed by atoms with van der Waals surface area (Å²) in [5, 5.41) is 2.21. The molecular formula is C16H18ClF3N2O2. The maximum Gasteiger partial charge on any atom is 0.416 e. The van der Waals surface area contributed by atoms with Crippen LogP contribution in [0.1, 0.15) is 35.7 Å². The van der Waals surface area contributed by atoms with E-state index in [2.05, 4.69) is 5.32 Å². The Hall–Kier alpha value is -1.76. The Bertz CT molecular complexity index is 594. The van der Waals surface area contributed by atoms with Crippen LogP contribution < -0.4 is 5.32 Å². The molecule has 0 spiro atoms. The van der Waals surface area contributed by atoms with Gasteiger partial charge in [0, 0.05) is 24.7 Å². The number of halogens is 4. The predicted molar refractivity (Wildman–Crippen MR) is 83.8 cm³/mol. The minimum absolute atomic E-state index is 0.116. The third kappa shape index (κ3) is 4.63. The van der Waals surface area contributed by atoms with Crippen LogP contribution >= 0.6 is 11.6 Å². The van der Waals surface area contributed by atoms with E-state index in [0.29, 0.717) is 25.9 Å². The van der Waals surface area contributed by atoms with E-state index in [1.54, 1.807) is 11.8 Å². The average molecular weight is 363 g/mol. The second kappa shape index (κ2) is 7.42. The monoisotopic (exact) mass is 362 g/mol. The standard InChI is InChI=1S/C16H18ClF3N2O2/c1-10(17)15(24)22-8-6-13(7-9-22)21-14(23)11-2-4-12(5-3-11)16(18,19)20/h2-5,10,13H,6-9H2,1H3,(H,21,23). The molecule has 1 atom stereocenters. The van der Waals surface area contributed by atoms with Crippen LogP contribution in [0.2, 0.25) is 0 Å². The van der Waals surface area contributed by atoms with Gasteiger partial charge in [0.25, 0.3) is 5.91 Å². The van der Waals surface area contributed by atoms with Gasteiger partial charge in [0.2, 0.25) is 5.91 Å². The lowest BCUT2D eigenvalue weighted by atomic mass is 10.0. The molecule has 0 radical (unpaired) electrons. The van der Waals surface area contributed by atoms with Crippen LogP contribution in [-0.2, 0) is 11.0 Å². The molecule has 2 amide bonds. The van der Waals surface area contributed by atoms with E-state index in [1.165, 1.54) is 0 Å². The topological polar surface area (TPSA) is 49.4 Å². The van der Waals surface area contributed by atoms with Gasteiger partial charge in [-0.05, 0) is 44.0 Å². The molecule has 1 heterocycles. The van der Waals surface area contributed by atoms with Crippen molar-refractivity contribution < 1.29 is 22.8 Å². The average Bonchev–Trinajstić information content (AvgIpc) is 2.54. The number of hydrogen-bond donors (Lipinski definition) is 1. The Morgan fingerprint density at radius 2 is 1.75 bits per heavy atom. The number of amides is 2. The van der Waals surface area contributed by atoms with Gasteiger partial charge >= 0.3 is 6.18 Å². The quantitative estimate of drug-likeness (QED) is 0.840. The molecule has 2 rings (SSSR count). The molecule has 1 unspecified atom stereocenters. The number of likely N-dealkylation sites (tertiary alicyclic amines) is 1. The molecule has 4 nitrogen and oxygen atoms in total. The van der Waals surface area contributed by atoms with E-state index >= 15 is 0 Å². The summed E-state index contributed by atoms with van der Waals surface area (Å²) in [5.74, 6) is -0.552. The normalized spacial score (nSPS) is 17.5. The predicted octanol–water partition coefficient (Wildman–Crippen LogP) is 3.05. The van der Waals surface area contributed by atoms with Crippen LogP contribution in [0.15, 0.2) is 24.3 Å². The third-order valence-corrected chi connectivity index (χ3v) is 4.14. The lowest BCUT2D eigenvalue weighted by Gasteiger charge is -2.33. The van der Waals surface area contributed by atoms with E-state index in [-0.39, 0.29) is 17.5 Å². The number of rotatable bonds is 3. The summed E-state index contributed by atoms with van der Waals surface area (Å²) in [6.07, 6.45) is -3.25. The number of nitrogens with one attached hydrogen (secondary N) is 1. The number of piperidine rings is 1. The van der Waals surface area contributed by atoms with E-state index in [4.69, 9.17) is 11.6 Å². The number of carbonyl (C=O) groups excluding carboxylic acids is 2. The molecule has 1 aliphatic heterocycles. The summed E-state index contributed by atoms with van der Waals surface area (Å²) in [5.41, 5.74) is -0.614. The summed E-state index contributed by atoms with van der Waals surface area (Å²) in [4.78, 5) is 25.5. The van der Waals surface area contributed by atoms with Gasteiger partial charge in [0.15, 0.2) is 0 Å². The smallest absolute Gasteiger partial charge is 0.349 e. The van der Waals surface area contributed by atoms with Crippen molar-refractivity contribution in [2.24, 2.45) is 0 Å². The maximum atomic E-state index is 12.5. The highest BCUT2D eigenvalue weighted by Crippen LogP contribution is 2.29. The van der Waals surface area contributed by atoms with Crippen molar-refractivity contribution in [1.29, 1.82) is 0 Å². The van der Waals surface area contributed by atoms with Crippen LogP contribution in [-0.4, -0.2) is 41.2 Å². The van der Waals surface area contributed by atoms with Crippen LogP contribution in [0, 0.1) is 0 Å². The molecular weight excluding hydrogens is 345 g/mol. The van der Waals surface area contributed by atoms with Crippen LogP contribution in [0.4, 0.5) is 13.2 Å². The minimum atomic E-state index is -4.42. The van der Waals surface area contributed by atoms with Gasteiger partial charge in [-0.15, -0.1) is 11.6 Å². The highest BCUT2D eigenvalue weighted by Gasteiger charge is 2.30. The van der Waals surface area contributed by atoms with Crippen LogP contribution in [0.3, 0.4) is 0 Å². The molecule has 1 saturated heterocycles.